The Morgan fingerprint density at radius 2 is 2.00 bits per heavy atom. The van der Waals surface area contributed by atoms with Crippen LogP contribution in [0, 0.1) is 0 Å². The molecule has 0 bridgehead atoms. The summed E-state index contributed by atoms with van der Waals surface area (Å²) in [5.41, 5.74) is 1.19. The fraction of sp³-hybridized carbons (Fsp3) is 0.538. The third kappa shape index (κ3) is 3.93. The molecule has 2 N–H and O–H groups in total. The van der Waals surface area contributed by atoms with E-state index in [2.05, 4.69) is 24.4 Å². The standard InChI is InChI=1S/C13H21NO2/c1-3-12(9-15)14-13(10-16-2)11-7-5-4-6-8-11/h4-8,12-15H,3,9-10H2,1-2H3/t12-,13-/m0/s1. The zero-order chi connectivity index (χ0) is 11.8. The Morgan fingerprint density at radius 1 is 1.31 bits per heavy atom. The van der Waals surface area contributed by atoms with E-state index < -0.39 is 0 Å². The molecular formula is C13H21NO2. The van der Waals surface area contributed by atoms with Crippen molar-refractivity contribution in [2.45, 2.75) is 25.4 Å². The summed E-state index contributed by atoms with van der Waals surface area (Å²) in [7, 11) is 1.69. The van der Waals surface area contributed by atoms with E-state index in [1.54, 1.807) is 7.11 Å². The van der Waals surface area contributed by atoms with Crippen molar-refractivity contribution in [3.05, 3.63) is 35.9 Å². The molecule has 0 heterocycles. The van der Waals surface area contributed by atoms with Gasteiger partial charge in [-0.2, -0.15) is 0 Å². The van der Waals surface area contributed by atoms with E-state index in [0.29, 0.717) is 6.61 Å². The van der Waals surface area contributed by atoms with E-state index in [0.717, 1.165) is 6.42 Å². The molecule has 0 aliphatic heterocycles. The number of nitrogens with one attached hydrogen (secondary N) is 1. The van der Waals surface area contributed by atoms with Crippen LogP contribution in [0.5, 0.6) is 0 Å². The molecule has 0 aromatic heterocycles. The van der Waals surface area contributed by atoms with Gasteiger partial charge < -0.3 is 15.2 Å². The SMILES string of the molecule is CC[C@@H](CO)N[C@@H](COC)c1ccccc1. The summed E-state index contributed by atoms with van der Waals surface area (Å²) in [6.07, 6.45) is 0.906. The molecule has 3 nitrogen and oxygen atoms in total. The fourth-order valence-corrected chi connectivity index (χ4v) is 1.68. The summed E-state index contributed by atoms with van der Waals surface area (Å²) in [5, 5.41) is 12.6. The molecule has 2 atom stereocenters. The van der Waals surface area contributed by atoms with E-state index in [1.807, 2.05) is 18.2 Å². The van der Waals surface area contributed by atoms with Gasteiger partial charge in [0.2, 0.25) is 0 Å². The topological polar surface area (TPSA) is 41.5 Å². The fourth-order valence-electron chi connectivity index (χ4n) is 1.68. The number of aliphatic hydroxyl groups excluding tert-OH is 1. The molecule has 1 aromatic rings. The average Bonchev–Trinajstić information content (AvgIpc) is 2.35. The first-order valence-electron chi connectivity index (χ1n) is 5.72. The van der Waals surface area contributed by atoms with Gasteiger partial charge in [0.1, 0.15) is 0 Å². The lowest BCUT2D eigenvalue weighted by Gasteiger charge is -2.23. The summed E-state index contributed by atoms with van der Waals surface area (Å²) in [6.45, 7) is 2.83. The highest BCUT2D eigenvalue weighted by Crippen LogP contribution is 2.14. The van der Waals surface area contributed by atoms with Crippen molar-refractivity contribution in [3.8, 4) is 0 Å². The molecule has 0 amide bonds. The number of rotatable bonds is 7. The van der Waals surface area contributed by atoms with Gasteiger partial charge in [0.05, 0.1) is 19.3 Å². The maximum atomic E-state index is 9.19. The van der Waals surface area contributed by atoms with Gasteiger partial charge in [-0.1, -0.05) is 37.3 Å². The molecule has 0 saturated carbocycles. The Hall–Kier alpha value is -0.900. The van der Waals surface area contributed by atoms with Crippen LogP contribution in [-0.4, -0.2) is 31.5 Å². The van der Waals surface area contributed by atoms with Crippen LogP contribution in [0.3, 0.4) is 0 Å². The zero-order valence-corrected chi connectivity index (χ0v) is 10.0. The molecule has 0 aliphatic carbocycles. The first-order chi connectivity index (χ1) is 7.81. The maximum Gasteiger partial charge on any atom is 0.0657 e. The lowest BCUT2D eigenvalue weighted by Crippen LogP contribution is -2.37. The van der Waals surface area contributed by atoms with Crippen molar-refractivity contribution in [1.29, 1.82) is 0 Å². The molecule has 90 valence electrons. The van der Waals surface area contributed by atoms with Crippen LogP contribution in [0.15, 0.2) is 30.3 Å². The quantitative estimate of drug-likeness (QED) is 0.739. The van der Waals surface area contributed by atoms with Gasteiger partial charge in [-0.25, -0.2) is 0 Å². The highest BCUT2D eigenvalue weighted by Gasteiger charge is 2.14. The Balaban J connectivity index is 2.67. The largest absolute Gasteiger partial charge is 0.395 e. The molecule has 3 heteroatoms. The van der Waals surface area contributed by atoms with Gasteiger partial charge >= 0.3 is 0 Å². The van der Waals surface area contributed by atoms with Crippen molar-refractivity contribution in [2.75, 3.05) is 20.3 Å². The number of ether oxygens (including phenoxy) is 1. The van der Waals surface area contributed by atoms with Gasteiger partial charge in [-0.05, 0) is 12.0 Å². The number of hydrogen-bond donors (Lipinski definition) is 2. The predicted octanol–water partition coefficient (Wildman–Crippen LogP) is 1.73. The minimum absolute atomic E-state index is 0.125. The molecule has 0 saturated heterocycles. The Morgan fingerprint density at radius 3 is 2.50 bits per heavy atom. The lowest BCUT2D eigenvalue weighted by atomic mass is 10.1. The van der Waals surface area contributed by atoms with Crippen LogP contribution in [0.4, 0.5) is 0 Å². The molecule has 0 radical (unpaired) electrons. The Bertz CT molecular complexity index is 273. The summed E-state index contributed by atoms with van der Waals surface area (Å²) in [4.78, 5) is 0. The summed E-state index contributed by atoms with van der Waals surface area (Å²) >= 11 is 0. The van der Waals surface area contributed by atoms with Crippen LogP contribution >= 0.6 is 0 Å². The Kier molecular flexibility index (Phi) is 6.08. The molecular weight excluding hydrogens is 202 g/mol. The molecule has 16 heavy (non-hydrogen) atoms. The first-order valence-corrected chi connectivity index (χ1v) is 5.72. The van der Waals surface area contributed by atoms with Crippen LogP contribution in [-0.2, 0) is 4.74 Å². The summed E-state index contributed by atoms with van der Waals surface area (Å²) in [5.74, 6) is 0. The summed E-state index contributed by atoms with van der Waals surface area (Å²) < 4.78 is 5.20. The van der Waals surface area contributed by atoms with Crippen LogP contribution < -0.4 is 5.32 Å². The van der Waals surface area contributed by atoms with Gasteiger partial charge in [0.15, 0.2) is 0 Å². The zero-order valence-electron chi connectivity index (χ0n) is 10.0. The third-order valence-electron chi connectivity index (χ3n) is 2.69. The normalized spacial score (nSPS) is 14.7. The second kappa shape index (κ2) is 7.39. The monoisotopic (exact) mass is 223 g/mol. The molecule has 1 aromatic carbocycles. The number of benzene rings is 1. The smallest absolute Gasteiger partial charge is 0.0657 e. The van der Waals surface area contributed by atoms with Crippen molar-refractivity contribution in [2.24, 2.45) is 0 Å². The molecule has 1 rings (SSSR count). The highest BCUT2D eigenvalue weighted by atomic mass is 16.5. The first kappa shape index (κ1) is 13.2. The summed E-state index contributed by atoms with van der Waals surface area (Å²) in [6, 6.07) is 10.4. The van der Waals surface area contributed by atoms with E-state index in [9.17, 15) is 5.11 Å². The second-order valence-electron chi connectivity index (χ2n) is 3.87. The van der Waals surface area contributed by atoms with Gasteiger partial charge in [-0.15, -0.1) is 0 Å². The lowest BCUT2D eigenvalue weighted by molar-refractivity contribution is 0.147. The molecule has 0 spiro atoms. The Labute approximate surface area is 97.4 Å². The number of methoxy groups -OCH3 is 1. The highest BCUT2D eigenvalue weighted by molar-refractivity contribution is 5.19. The van der Waals surface area contributed by atoms with Gasteiger partial charge in [0, 0.05) is 13.2 Å². The molecule has 0 fully saturated rings. The van der Waals surface area contributed by atoms with Crippen molar-refractivity contribution in [1.82, 2.24) is 5.32 Å². The third-order valence-corrected chi connectivity index (χ3v) is 2.69. The van der Waals surface area contributed by atoms with Gasteiger partial charge in [-0.3, -0.25) is 0 Å². The van der Waals surface area contributed by atoms with Crippen molar-refractivity contribution < 1.29 is 9.84 Å². The van der Waals surface area contributed by atoms with Crippen molar-refractivity contribution >= 4 is 0 Å². The van der Waals surface area contributed by atoms with E-state index in [4.69, 9.17) is 4.74 Å². The minimum Gasteiger partial charge on any atom is -0.395 e. The molecule has 0 aliphatic rings. The second-order valence-corrected chi connectivity index (χ2v) is 3.87. The van der Waals surface area contributed by atoms with E-state index >= 15 is 0 Å². The maximum absolute atomic E-state index is 9.19. The van der Waals surface area contributed by atoms with E-state index in [1.165, 1.54) is 5.56 Å². The van der Waals surface area contributed by atoms with Crippen LogP contribution in [0.2, 0.25) is 0 Å². The average molecular weight is 223 g/mol. The van der Waals surface area contributed by atoms with Crippen molar-refractivity contribution in [3.63, 3.8) is 0 Å². The van der Waals surface area contributed by atoms with Gasteiger partial charge in [0.25, 0.3) is 0 Å². The number of hydrogen-bond acceptors (Lipinski definition) is 3. The predicted molar refractivity (Wildman–Crippen MR) is 65.4 cm³/mol. The minimum atomic E-state index is 0.125. The molecule has 0 unspecified atom stereocenters. The number of aliphatic hydroxyl groups is 1. The van der Waals surface area contributed by atoms with Crippen LogP contribution in [0.1, 0.15) is 24.9 Å². The van der Waals surface area contributed by atoms with E-state index in [-0.39, 0.29) is 18.7 Å². The van der Waals surface area contributed by atoms with Crippen LogP contribution in [0.25, 0.3) is 0 Å².